The Kier molecular flexibility index (Phi) is 5.39. The van der Waals surface area contributed by atoms with Crippen LogP contribution in [0.3, 0.4) is 0 Å². The zero-order valence-corrected chi connectivity index (χ0v) is 22.2. The van der Waals surface area contributed by atoms with E-state index >= 15 is 0 Å². The molecule has 204 valence electrons. The van der Waals surface area contributed by atoms with Gasteiger partial charge in [-0.1, -0.05) is 18.2 Å². The van der Waals surface area contributed by atoms with Gasteiger partial charge in [0.2, 0.25) is 0 Å². The Bertz CT molecular complexity index is 1250. The van der Waals surface area contributed by atoms with Gasteiger partial charge in [0.05, 0.1) is 46.7 Å². The number of carbonyl (C=O) groups excluding carboxylic acids is 3. The fourth-order valence-corrected chi connectivity index (χ4v) is 8.26. The second-order valence-electron chi connectivity index (χ2n) is 12.2. The Hall–Kier alpha value is -2.59. The van der Waals surface area contributed by atoms with Gasteiger partial charge in [0, 0.05) is 13.3 Å². The van der Waals surface area contributed by atoms with Crippen LogP contribution in [0.15, 0.2) is 41.5 Å². The molecule has 1 aromatic rings. The van der Waals surface area contributed by atoms with E-state index in [1.54, 1.807) is 44.2 Å². The molecule has 3 aliphatic carbocycles. The number of hydrogen-bond acceptors (Lipinski definition) is 9. The summed E-state index contributed by atoms with van der Waals surface area (Å²) in [4.78, 5) is 40.7. The number of ether oxygens (including phenoxy) is 4. The molecular weight excluding hydrogens is 492 g/mol. The van der Waals surface area contributed by atoms with E-state index in [4.69, 9.17) is 18.9 Å². The summed E-state index contributed by atoms with van der Waals surface area (Å²) in [7, 11) is 0. The molecule has 0 amide bonds. The van der Waals surface area contributed by atoms with E-state index in [1.165, 1.54) is 6.92 Å². The molecular formula is C29H34O9. The van der Waals surface area contributed by atoms with Crippen LogP contribution in [0, 0.1) is 16.7 Å². The minimum atomic E-state index is -1.49. The Labute approximate surface area is 221 Å². The first kappa shape index (κ1) is 25.7. The molecule has 2 heterocycles. The second kappa shape index (κ2) is 7.97. The molecule has 1 unspecified atom stereocenters. The van der Waals surface area contributed by atoms with Crippen LogP contribution >= 0.6 is 0 Å². The predicted molar refractivity (Wildman–Crippen MR) is 132 cm³/mol. The lowest BCUT2D eigenvalue weighted by atomic mass is 9.49. The van der Waals surface area contributed by atoms with Crippen molar-refractivity contribution in [1.29, 1.82) is 0 Å². The van der Waals surface area contributed by atoms with Crippen molar-refractivity contribution in [2.45, 2.75) is 89.2 Å². The van der Waals surface area contributed by atoms with Gasteiger partial charge in [-0.25, -0.2) is 4.79 Å². The molecule has 0 spiro atoms. The number of benzene rings is 1. The molecule has 2 N–H and O–H groups in total. The van der Waals surface area contributed by atoms with Crippen molar-refractivity contribution in [3.8, 4) is 0 Å². The van der Waals surface area contributed by atoms with Crippen molar-refractivity contribution in [2.24, 2.45) is 16.7 Å². The van der Waals surface area contributed by atoms with Crippen molar-refractivity contribution < 1.29 is 43.5 Å². The lowest BCUT2D eigenvalue weighted by molar-refractivity contribution is -0.339. The largest absolute Gasteiger partial charge is 0.457 e. The lowest BCUT2D eigenvalue weighted by Gasteiger charge is -2.64. The summed E-state index contributed by atoms with van der Waals surface area (Å²) in [6.45, 7) is 8.40. The molecule has 6 rings (SSSR count). The van der Waals surface area contributed by atoms with Crippen LogP contribution in [-0.4, -0.2) is 76.3 Å². The number of Topliss-reactive ketones (excluding diaryl/α,β-unsaturated/α-hetero) is 1. The fourth-order valence-electron chi connectivity index (χ4n) is 8.26. The highest BCUT2D eigenvalue weighted by atomic mass is 16.6. The molecule has 5 aliphatic rings. The summed E-state index contributed by atoms with van der Waals surface area (Å²) in [5.74, 6) is -2.50. The zero-order valence-electron chi connectivity index (χ0n) is 22.2. The molecule has 0 radical (unpaired) electrons. The minimum absolute atomic E-state index is 0.000490. The Morgan fingerprint density at radius 2 is 1.79 bits per heavy atom. The van der Waals surface area contributed by atoms with E-state index in [-0.39, 0.29) is 25.2 Å². The van der Waals surface area contributed by atoms with Crippen LogP contribution < -0.4 is 0 Å². The molecule has 0 aromatic heterocycles. The van der Waals surface area contributed by atoms with Crippen LogP contribution in [0.25, 0.3) is 0 Å². The number of ketones is 1. The molecule has 9 heteroatoms. The van der Waals surface area contributed by atoms with Crippen LogP contribution in [0.5, 0.6) is 0 Å². The monoisotopic (exact) mass is 526 g/mol. The first-order valence-corrected chi connectivity index (χ1v) is 13.2. The predicted octanol–water partition coefficient (Wildman–Crippen LogP) is 2.13. The summed E-state index contributed by atoms with van der Waals surface area (Å²) < 4.78 is 24.7. The molecule has 4 fully saturated rings. The van der Waals surface area contributed by atoms with E-state index in [0.29, 0.717) is 16.7 Å². The van der Waals surface area contributed by atoms with Crippen molar-refractivity contribution in [3.63, 3.8) is 0 Å². The first-order valence-electron chi connectivity index (χ1n) is 13.2. The lowest BCUT2D eigenvalue weighted by Crippen LogP contribution is -2.79. The van der Waals surface area contributed by atoms with Gasteiger partial charge >= 0.3 is 11.9 Å². The zero-order chi connectivity index (χ0) is 27.4. The molecule has 38 heavy (non-hydrogen) atoms. The maximum absolute atomic E-state index is 14.5. The summed E-state index contributed by atoms with van der Waals surface area (Å²) >= 11 is 0. The third-order valence-corrected chi connectivity index (χ3v) is 10.2. The molecule has 9 nitrogen and oxygen atoms in total. The van der Waals surface area contributed by atoms with E-state index in [1.807, 2.05) is 13.8 Å². The number of rotatable bonds is 3. The van der Waals surface area contributed by atoms with Crippen LogP contribution in [0.1, 0.15) is 57.8 Å². The molecule has 2 bridgehead atoms. The third-order valence-electron chi connectivity index (χ3n) is 10.2. The molecule has 2 aliphatic heterocycles. The van der Waals surface area contributed by atoms with Crippen LogP contribution in [0.2, 0.25) is 0 Å². The van der Waals surface area contributed by atoms with Crippen LogP contribution in [0.4, 0.5) is 0 Å². The molecule has 1 aromatic carbocycles. The average molecular weight is 527 g/mol. The highest BCUT2D eigenvalue weighted by molar-refractivity contribution is 5.95. The molecule has 9 atom stereocenters. The number of carbonyl (C=O) groups is 3. The summed E-state index contributed by atoms with van der Waals surface area (Å²) in [5, 5.41) is 22.7. The van der Waals surface area contributed by atoms with E-state index < -0.39 is 70.4 Å². The number of aliphatic hydroxyl groups is 2. The highest BCUT2D eigenvalue weighted by Gasteiger charge is 2.81. The van der Waals surface area contributed by atoms with Gasteiger partial charge in [-0.2, -0.15) is 0 Å². The van der Waals surface area contributed by atoms with Crippen molar-refractivity contribution >= 4 is 17.7 Å². The summed E-state index contributed by atoms with van der Waals surface area (Å²) in [6, 6.07) is 8.51. The fraction of sp³-hybridized carbons (Fsp3) is 0.621. The maximum atomic E-state index is 14.5. The topological polar surface area (TPSA) is 129 Å². The van der Waals surface area contributed by atoms with Crippen molar-refractivity contribution in [3.05, 3.63) is 47.0 Å². The van der Waals surface area contributed by atoms with Crippen molar-refractivity contribution in [2.75, 3.05) is 6.61 Å². The van der Waals surface area contributed by atoms with E-state index in [0.717, 1.165) is 0 Å². The van der Waals surface area contributed by atoms with E-state index in [9.17, 15) is 24.6 Å². The Balaban J connectivity index is 1.64. The molecule has 2 saturated heterocycles. The Morgan fingerprint density at radius 3 is 2.39 bits per heavy atom. The third kappa shape index (κ3) is 2.93. The van der Waals surface area contributed by atoms with Gasteiger partial charge in [0.15, 0.2) is 11.4 Å². The number of hydrogen-bond donors (Lipinski definition) is 2. The van der Waals surface area contributed by atoms with Crippen molar-refractivity contribution in [1.82, 2.24) is 0 Å². The van der Waals surface area contributed by atoms with Gasteiger partial charge in [-0.15, -0.1) is 0 Å². The minimum Gasteiger partial charge on any atom is -0.457 e. The van der Waals surface area contributed by atoms with Gasteiger partial charge < -0.3 is 29.2 Å². The maximum Gasteiger partial charge on any atom is 0.338 e. The van der Waals surface area contributed by atoms with E-state index in [2.05, 4.69) is 0 Å². The quantitative estimate of drug-likeness (QED) is 0.450. The Morgan fingerprint density at radius 1 is 1.11 bits per heavy atom. The standard InChI is InChI=1S/C29H34O9/c1-14-17(31)12-28-20(14)21(38-26(28,3)4)23(33)27(5)18(32)11-19-29(13-35-19,37-15(2)30)22(27)24(28)36-25(34)16-9-7-6-8-10-16/h6-10,17-19,21-22,24,31-32H,11-13H2,1-5H3/t17-,18-,19+,21?,22-,24-,27+,28-,29-/m0/s1. The summed E-state index contributed by atoms with van der Waals surface area (Å²) in [5.41, 5.74) is -3.43. The normalized spacial score (nSPS) is 44.3. The van der Waals surface area contributed by atoms with Gasteiger partial charge in [0.1, 0.15) is 18.3 Å². The van der Waals surface area contributed by atoms with Crippen LogP contribution in [-0.2, 0) is 28.5 Å². The average Bonchev–Trinajstić information content (AvgIpc) is 3.24. The SMILES string of the molecule is CC(=O)O[C@@]12CO[C@@H]1C[C@H](O)[C@@]1(C)C(=O)C3OC(C)(C)[C@]4(C[C@H](O)C(C)=C34)[C@@H](OC(=O)c3ccccc3)[C@H]21. The second-order valence-corrected chi connectivity index (χ2v) is 12.2. The number of esters is 2. The summed E-state index contributed by atoms with van der Waals surface area (Å²) in [6.07, 6.45) is -4.62. The van der Waals surface area contributed by atoms with Gasteiger partial charge in [-0.3, -0.25) is 9.59 Å². The highest BCUT2D eigenvalue weighted by Crippen LogP contribution is 2.70. The number of aliphatic hydroxyl groups excluding tert-OH is 2. The molecule has 2 saturated carbocycles. The van der Waals surface area contributed by atoms with Gasteiger partial charge in [-0.05, 0) is 57.4 Å². The number of fused-ring (bicyclic) bond motifs is 3. The van der Waals surface area contributed by atoms with Gasteiger partial charge in [0.25, 0.3) is 0 Å². The first-order chi connectivity index (χ1) is 17.8. The smallest absolute Gasteiger partial charge is 0.338 e.